The number of carboxylic acids is 1. The van der Waals surface area contributed by atoms with Crippen LogP contribution in [0, 0.1) is 0 Å². The van der Waals surface area contributed by atoms with E-state index in [1.807, 2.05) is 19.1 Å². The van der Waals surface area contributed by atoms with Crippen molar-refractivity contribution in [3.63, 3.8) is 0 Å². The summed E-state index contributed by atoms with van der Waals surface area (Å²) in [4.78, 5) is 25.7. The molecule has 1 amide bonds. The Labute approximate surface area is 163 Å². The van der Waals surface area contributed by atoms with E-state index in [4.69, 9.17) is 14.6 Å². The summed E-state index contributed by atoms with van der Waals surface area (Å²) in [5, 5.41) is 19.2. The largest absolute Gasteiger partial charge is 0.490 e. The Morgan fingerprint density at radius 2 is 1.57 bits per heavy atom. The highest BCUT2D eigenvalue weighted by Gasteiger charge is 2.40. The molecule has 1 aliphatic rings. The number of piperidine rings is 1. The minimum absolute atomic E-state index is 0.00965. The van der Waals surface area contributed by atoms with Crippen LogP contribution in [0.2, 0.25) is 0 Å². The van der Waals surface area contributed by atoms with E-state index in [0.717, 1.165) is 0 Å². The van der Waals surface area contributed by atoms with E-state index in [9.17, 15) is 14.7 Å². The molecule has 3 rings (SSSR count). The molecular weight excluding hydrogens is 362 g/mol. The van der Waals surface area contributed by atoms with Crippen molar-refractivity contribution in [2.45, 2.75) is 25.4 Å². The normalized spacial score (nSPS) is 15.7. The van der Waals surface area contributed by atoms with Gasteiger partial charge in [-0.2, -0.15) is 0 Å². The summed E-state index contributed by atoms with van der Waals surface area (Å²) < 4.78 is 11.5. The maximum Gasteiger partial charge on any atom is 0.335 e. The van der Waals surface area contributed by atoms with E-state index in [-0.39, 0.29) is 31.8 Å². The van der Waals surface area contributed by atoms with E-state index < -0.39 is 11.6 Å². The number of nitrogens with zero attached hydrogens (tertiary/aromatic N) is 1. The molecule has 0 aliphatic carbocycles. The van der Waals surface area contributed by atoms with Crippen LogP contribution in [0.5, 0.6) is 17.2 Å². The third-order valence-corrected chi connectivity index (χ3v) is 4.76. The fraction of sp³-hybridized carbons (Fsp3) is 0.333. The first-order valence-electron chi connectivity index (χ1n) is 9.18. The molecule has 1 fully saturated rings. The Kier molecular flexibility index (Phi) is 5.84. The van der Waals surface area contributed by atoms with Crippen LogP contribution in [0.25, 0.3) is 0 Å². The average molecular weight is 385 g/mol. The number of likely N-dealkylation sites (tertiary alicyclic amines) is 1. The quantitative estimate of drug-likeness (QED) is 0.794. The molecule has 1 aliphatic heterocycles. The maximum atomic E-state index is 13.0. The first-order valence-corrected chi connectivity index (χ1v) is 9.18. The van der Waals surface area contributed by atoms with Crippen LogP contribution in [-0.4, -0.2) is 52.3 Å². The first kappa shape index (κ1) is 19.7. The van der Waals surface area contributed by atoms with Gasteiger partial charge >= 0.3 is 5.97 Å². The molecule has 1 heterocycles. The number of rotatable bonds is 6. The Morgan fingerprint density at radius 1 is 1.00 bits per heavy atom. The highest BCUT2D eigenvalue weighted by atomic mass is 16.5. The van der Waals surface area contributed by atoms with Gasteiger partial charge in [-0.1, -0.05) is 24.3 Å². The van der Waals surface area contributed by atoms with Crippen molar-refractivity contribution < 1.29 is 29.3 Å². The Morgan fingerprint density at radius 3 is 2.18 bits per heavy atom. The summed E-state index contributed by atoms with van der Waals surface area (Å²) in [5.74, 6) is -0.0493. The molecule has 7 nitrogen and oxygen atoms in total. The van der Waals surface area contributed by atoms with Crippen molar-refractivity contribution in [3.8, 4) is 17.2 Å². The summed E-state index contributed by atoms with van der Waals surface area (Å²) in [6, 6.07) is 14.1. The minimum atomic E-state index is -1.77. The zero-order chi connectivity index (χ0) is 20.1. The van der Waals surface area contributed by atoms with Gasteiger partial charge in [0.25, 0.3) is 5.91 Å². The van der Waals surface area contributed by atoms with E-state index in [1.165, 1.54) is 4.90 Å². The summed E-state index contributed by atoms with van der Waals surface area (Å²) >= 11 is 0. The Bertz CT molecular complexity index is 857. The van der Waals surface area contributed by atoms with Crippen LogP contribution >= 0.6 is 0 Å². The summed E-state index contributed by atoms with van der Waals surface area (Å²) in [6.45, 7) is 2.68. The van der Waals surface area contributed by atoms with Gasteiger partial charge in [0.2, 0.25) is 0 Å². The van der Waals surface area contributed by atoms with E-state index in [0.29, 0.717) is 29.4 Å². The first-order chi connectivity index (χ1) is 13.4. The highest BCUT2D eigenvalue weighted by molar-refractivity contribution is 5.97. The Balaban J connectivity index is 1.79. The fourth-order valence-electron chi connectivity index (χ4n) is 3.12. The third kappa shape index (κ3) is 4.09. The molecule has 0 unspecified atom stereocenters. The highest BCUT2D eigenvalue weighted by Crippen LogP contribution is 2.34. The SMILES string of the molecule is CCOc1ccccc1Oc1ccccc1C(=O)N1CCC(O)(C(=O)O)CC1. The molecule has 0 aromatic heterocycles. The van der Waals surface area contributed by atoms with E-state index in [1.54, 1.807) is 36.4 Å². The molecule has 2 aromatic rings. The smallest absolute Gasteiger partial charge is 0.335 e. The summed E-state index contributed by atoms with van der Waals surface area (Å²) in [7, 11) is 0. The molecule has 2 N–H and O–H groups in total. The molecule has 0 saturated carbocycles. The average Bonchev–Trinajstić information content (AvgIpc) is 2.70. The molecule has 0 spiro atoms. The monoisotopic (exact) mass is 385 g/mol. The van der Waals surface area contributed by atoms with Crippen molar-refractivity contribution in [2.24, 2.45) is 0 Å². The second-order valence-corrected chi connectivity index (χ2v) is 6.61. The minimum Gasteiger partial charge on any atom is -0.490 e. The van der Waals surface area contributed by atoms with Gasteiger partial charge in [-0.25, -0.2) is 4.79 Å². The van der Waals surface area contributed by atoms with Gasteiger partial charge < -0.3 is 24.6 Å². The van der Waals surface area contributed by atoms with E-state index >= 15 is 0 Å². The van der Waals surface area contributed by atoms with Gasteiger partial charge in [-0.15, -0.1) is 0 Å². The van der Waals surface area contributed by atoms with Crippen LogP contribution in [0.15, 0.2) is 48.5 Å². The van der Waals surface area contributed by atoms with Crippen LogP contribution in [0.4, 0.5) is 0 Å². The number of carboxylic acid groups (broad SMARTS) is 1. The van der Waals surface area contributed by atoms with Crippen LogP contribution in [0.3, 0.4) is 0 Å². The number of benzene rings is 2. The van der Waals surface area contributed by atoms with Crippen LogP contribution in [-0.2, 0) is 4.79 Å². The molecule has 0 radical (unpaired) electrons. The lowest BCUT2D eigenvalue weighted by atomic mass is 9.91. The number of hydrogen-bond donors (Lipinski definition) is 2. The molecule has 7 heteroatoms. The van der Waals surface area contributed by atoms with E-state index in [2.05, 4.69) is 0 Å². The lowest BCUT2D eigenvalue weighted by Crippen LogP contribution is -2.50. The van der Waals surface area contributed by atoms with Crippen molar-refractivity contribution >= 4 is 11.9 Å². The number of carbonyl (C=O) groups is 2. The van der Waals surface area contributed by atoms with Crippen LogP contribution < -0.4 is 9.47 Å². The topological polar surface area (TPSA) is 96.3 Å². The molecule has 28 heavy (non-hydrogen) atoms. The lowest BCUT2D eigenvalue weighted by molar-refractivity contribution is -0.162. The number of para-hydroxylation sites is 3. The fourth-order valence-corrected chi connectivity index (χ4v) is 3.12. The number of carbonyl (C=O) groups excluding carboxylic acids is 1. The number of aliphatic carboxylic acids is 1. The van der Waals surface area contributed by atoms with Crippen molar-refractivity contribution in [1.29, 1.82) is 0 Å². The number of ether oxygens (including phenoxy) is 2. The van der Waals surface area contributed by atoms with Gasteiger partial charge in [-0.3, -0.25) is 4.79 Å². The van der Waals surface area contributed by atoms with Gasteiger partial charge in [-0.05, 0) is 31.2 Å². The lowest BCUT2D eigenvalue weighted by Gasteiger charge is -2.35. The zero-order valence-electron chi connectivity index (χ0n) is 15.6. The second-order valence-electron chi connectivity index (χ2n) is 6.61. The van der Waals surface area contributed by atoms with Gasteiger partial charge in [0.05, 0.1) is 12.2 Å². The third-order valence-electron chi connectivity index (χ3n) is 4.76. The Hall–Kier alpha value is -3.06. The predicted octanol–water partition coefficient (Wildman–Crippen LogP) is 2.93. The van der Waals surface area contributed by atoms with Gasteiger partial charge in [0.1, 0.15) is 5.75 Å². The van der Waals surface area contributed by atoms with Crippen LogP contribution in [0.1, 0.15) is 30.1 Å². The predicted molar refractivity (Wildman–Crippen MR) is 102 cm³/mol. The molecule has 2 aromatic carbocycles. The van der Waals surface area contributed by atoms with Crippen molar-refractivity contribution in [1.82, 2.24) is 4.90 Å². The maximum absolute atomic E-state index is 13.0. The zero-order valence-corrected chi connectivity index (χ0v) is 15.6. The number of aliphatic hydroxyl groups is 1. The second kappa shape index (κ2) is 8.31. The molecule has 148 valence electrons. The molecular formula is C21H23NO6. The summed E-state index contributed by atoms with van der Waals surface area (Å²) in [6.07, 6.45) is -0.0193. The standard InChI is InChI=1S/C21H23NO6/c1-2-27-17-9-5-6-10-18(17)28-16-8-4-3-7-15(16)19(23)22-13-11-21(26,12-14-22)20(24)25/h3-10,26H,2,11-14H2,1H3,(H,24,25). The number of amides is 1. The van der Waals surface area contributed by atoms with Gasteiger partial charge in [0, 0.05) is 25.9 Å². The van der Waals surface area contributed by atoms with Crippen molar-refractivity contribution in [3.05, 3.63) is 54.1 Å². The molecule has 0 bridgehead atoms. The number of hydrogen-bond acceptors (Lipinski definition) is 5. The summed E-state index contributed by atoms with van der Waals surface area (Å²) in [5.41, 5.74) is -1.40. The van der Waals surface area contributed by atoms with Crippen molar-refractivity contribution in [2.75, 3.05) is 19.7 Å². The molecule has 1 saturated heterocycles. The molecule has 0 atom stereocenters. The van der Waals surface area contributed by atoms with Gasteiger partial charge in [0.15, 0.2) is 17.1 Å².